The third-order valence-electron chi connectivity index (χ3n) is 7.85. The summed E-state index contributed by atoms with van der Waals surface area (Å²) in [4.78, 5) is 12.4. The number of methoxy groups -OCH3 is 2. The zero-order valence-electron chi connectivity index (χ0n) is 25.6. The van der Waals surface area contributed by atoms with E-state index in [2.05, 4.69) is 0 Å². The molecule has 3 aliphatic heterocycles. The molecule has 5 atom stereocenters. The zero-order valence-corrected chi connectivity index (χ0v) is 25.6. The molecule has 0 spiro atoms. The molecule has 3 aliphatic rings. The van der Waals surface area contributed by atoms with Gasteiger partial charge in [0.1, 0.15) is 60.6 Å². The van der Waals surface area contributed by atoms with Crippen LogP contribution >= 0.6 is 0 Å². The third kappa shape index (κ3) is 6.29. The van der Waals surface area contributed by atoms with Gasteiger partial charge in [-0.3, -0.25) is 0 Å². The summed E-state index contributed by atoms with van der Waals surface area (Å²) in [5.74, 6) is -0.510. The Morgan fingerprint density at radius 3 is 2.27 bits per heavy atom. The monoisotopic (exact) mass is 664 g/mol. The van der Waals surface area contributed by atoms with E-state index in [0.717, 1.165) is 6.08 Å². The summed E-state index contributed by atoms with van der Waals surface area (Å²) in [5.41, 5.74) is 1.76. The molecule has 6 rings (SSSR count). The van der Waals surface area contributed by atoms with Gasteiger partial charge in [-0.1, -0.05) is 12.1 Å². The molecule has 1 saturated heterocycles. The van der Waals surface area contributed by atoms with Crippen LogP contribution in [0.15, 0.2) is 66.4 Å². The molecule has 48 heavy (non-hydrogen) atoms. The smallest absolute Gasteiger partial charge is 0.330 e. The van der Waals surface area contributed by atoms with Crippen LogP contribution in [0.1, 0.15) is 16.7 Å². The van der Waals surface area contributed by atoms with Crippen LogP contribution in [0.4, 0.5) is 0 Å². The van der Waals surface area contributed by atoms with Gasteiger partial charge in [0.2, 0.25) is 12.0 Å². The Morgan fingerprint density at radius 2 is 1.58 bits per heavy atom. The van der Waals surface area contributed by atoms with E-state index in [4.69, 9.17) is 33.2 Å². The molecule has 6 N–H and O–H groups in total. The van der Waals surface area contributed by atoms with E-state index >= 15 is 0 Å². The van der Waals surface area contributed by atoms with Crippen LogP contribution in [-0.4, -0.2) is 94.7 Å². The summed E-state index contributed by atoms with van der Waals surface area (Å²) in [5, 5.41) is 62.7. The maximum absolute atomic E-state index is 12.4. The first-order valence-electron chi connectivity index (χ1n) is 14.7. The summed E-state index contributed by atoms with van der Waals surface area (Å²) in [7, 11) is 2.70. The maximum Gasteiger partial charge on any atom is 0.330 e. The Hall–Kier alpha value is -5.41. The highest BCUT2D eigenvalue weighted by Crippen LogP contribution is 2.51. The normalized spacial score (nSPS) is 23.0. The second-order valence-corrected chi connectivity index (χ2v) is 10.9. The molecule has 3 aromatic carbocycles. The molecule has 0 bridgehead atoms. The van der Waals surface area contributed by atoms with Gasteiger partial charge in [0.05, 0.1) is 19.8 Å². The Bertz CT molecular complexity index is 1770. The molecule has 1 fully saturated rings. The SMILES string of the molecule is COc1cc(C2=C(O[C@@H]3O[C@H](COC(=O)/C=C/c4ccc(O)cc4)[C@@H](O)[C@H](O)[C@H]3O)C3=CCOc4cc(O)cc(c43)O2)cc(OC)c1O. The molecule has 14 heteroatoms. The van der Waals surface area contributed by atoms with Crippen LogP contribution in [0.2, 0.25) is 0 Å². The number of esters is 1. The number of aliphatic hydroxyl groups is 3. The quantitative estimate of drug-likeness (QED) is 0.144. The second kappa shape index (κ2) is 13.4. The van der Waals surface area contributed by atoms with Gasteiger partial charge in [-0.15, -0.1) is 0 Å². The van der Waals surface area contributed by atoms with E-state index in [1.807, 2.05) is 0 Å². The Labute approximate surface area is 273 Å². The van der Waals surface area contributed by atoms with Crippen molar-refractivity contribution in [2.45, 2.75) is 30.7 Å². The molecule has 14 nitrogen and oxygen atoms in total. The lowest BCUT2D eigenvalue weighted by Gasteiger charge is -2.41. The number of hydrogen-bond acceptors (Lipinski definition) is 14. The Kier molecular flexibility index (Phi) is 9.06. The lowest BCUT2D eigenvalue weighted by atomic mass is 9.94. The summed E-state index contributed by atoms with van der Waals surface area (Å²) in [6.45, 7) is -0.444. The number of aliphatic hydroxyl groups excluding tert-OH is 3. The van der Waals surface area contributed by atoms with Gasteiger partial charge in [-0.25, -0.2) is 4.79 Å². The average Bonchev–Trinajstić information content (AvgIpc) is 3.08. The van der Waals surface area contributed by atoms with Gasteiger partial charge in [0.25, 0.3) is 0 Å². The molecule has 0 amide bonds. The van der Waals surface area contributed by atoms with Gasteiger partial charge in [-0.2, -0.15) is 0 Å². The highest BCUT2D eigenvalue weighted by molar-refractivity contribution is 5.95. The minimum Gasteiger partial charge on any atom is -0.508 e. The van der Waals surface area contributed by atoms with Crippen molar-refractivity contribution in [2.75, 3.05) is 27.4 Å². The Morgan fingerprint density at radius 1 is 0.896 bits per heavy atom. The van der Waals surface area contributed by atoms with Crippen molar-refractivity contribution in [1.82, 2.24) is 0 Å². The average molecular weight is 665 g/mol. The predicted octanol–water partition coefficient (Wildman–Crippen LogP) is 2.44. The Balaban J connectivity index is 1.32. The van der Waals surface area contributed by atoms with Crippen LogP contribution in [-0.2, 0) is 19.0 Å². The summed E-state index contributed by atoms with van der Waals surface area (Å²) >= 11 is 0. The minimum absolute atomic E-state index is 0.00718. The van der Waals surface area contributed by atoms with Crippen molar-refractivity contribution in [3.63, 3.8) is 0 Å². The van der Waals surface area contributed by atoms with Crippen molar-refractivity contribution in [3.8, 4) is 40.2 Å². The van der Waals surface area contributed by atoms with Gasteiger partial charge in [0.15, 0.2) is 23.0 Å². The van der Waals surface area contributed by atoms with E-state index in [0.29, 0.717) is 16.7 Å². The third-order valence-corrected chi connectivity index (χ3v) is 7.85. The van der Waals surface area contributed by atoms with E-state index in [-0.39, 0.29) is 63.9 Å². The molecule has 3 heterocycles. The lowest BCUT2D eigenvalue weighted by Crippen LogP contribution is -2.59. The highest BCUT2D eigenvalue weighted by atomic mass is 16.7. The molecule has 0 radical (unpaired) electrons. The number of hydrogen-bond donors (Lipinski definition) is 6. The van der Waals surface area contributed by atoms with Crippen LogP contribution in [0.5, 0.6) is 40.2 Å². The highest BCUT2D eigenvalue weighted by Gasteiger charge is 2.47. The van der Waals surface area contributed by atoms with Crippen molar-refractivity contribution < 1.29 is 68.6 Å². The summed E-state index contributed by atoms with van der Waals surface area (Å²) in [6, 6.07) is 11.8. The van der Waals surface area contributed by atoms with Crippen LogP contribution in [0, 0.1) is 0 Å². The molecule has 252 valence electrons. The molecule has 3 aromatic rings. The number of phenols is 3. The van der Waals surface area contributed by atoms with Crippen LogP contribution in [0.3, 0.4) is 0 Å². The predicted molar refractivity (Wildman–Crippen MR) is 166 cm³/mol. The van der Waals surface area contributed by atoms with Gasteiger partial charge in [-0.05, 0) is 42.0 Å². The number of allylic oxidation sites excluding steroid dienone is 1. The van der Waals surface area contributed by atoms with Crippen molar-refractivity contribution >= 4 is 23.4 Å². The molecule has 0 aromatic heterocycles. The van der Waals surface area contributed by atoms with Gasteiger partial charge >= 0.3 is 5.97 Å². The first-order valence-corrected chi connectivity index (χ1v) is 14.7. The standard InChI is InChI=1S/C34H32O14/c1-42-23-11-17(12-24(43-2)28(23)38)32-33(20-9-10-44-21-13-19(36)14-22(46-32)27(20)21)48-34-31(41)30(40)29(39)25(47-34)15-45-26(37)8-5-16-3-6-18(35)7-4-16/h3-9,11-14,25,29-31,34-36,38-41H,10,15H2,1-2H3/b8-5+/t25-,29-,30+,31-,34+/m1/s1. The van der Waals surface area contributed by atoms with Crippen molar-refractivity contribution in [3.05, 3.63) is 83.1 Å². The number of carbonyl (C=O) groups excluding carboxylic acids is 1. The van der Waals surface area contributed by atoms with Crippen molar-refractivity contribution in [2.24, 2.45) is 0 Å². The fourth-order valence-electron chi connectivity index (χ4n) is 5.40. The summed E-state index contributed by atoms with van der Waals surface area (Å²) < 4.78 is 39.9. The number of ether oxygens (including phenoxy) is 7. The number of aromatic hydroxyl groups is 3. The number of carbonyl (C=O) groups is 1. The molecular weight excluding hydrogens is 632 g/mol. The molecule has 0 aliphatic carbocycles. The van der Waals surface area contributed by atoms with Gasteiger partial charge < -0.3 is 63.8 Å². The van der Waals surface area contributed by atoms with Crippen LogP contribution < -0.4 is 18.9 Å². The number of benzene rings is 3. The molecule has 0 unspecified atom stereocenters. The largest absolute Gasteiger partial charge is 0.508 e. The molecular formula is C34H32O14. The topological polar surface area (TPSA) is 203 Å². The van der Waals surface area contributed by atoms with E-state index in [1.54, 1.807) is 18.2 Å². The van der Waals surface area contributed by atoms with Crippen molar-refractivity contribution in [1.29, 1.82) is 0 Å². The molecule has 0 saturated carbocycles. The van der Waals surface area contributed by atoms with E-state index < -0.39 is 43.3 Å². The maximum atomic E-state index is 12.4. The zero-order chi connectivity index (χ0) is 34.1. The minimum atomic E-state index is -1.78. The first-order chi connectivity index (χ1) is 23.1. The first kappa shape index (κ1) is 32.5. The van der Waals surface area contributed by atoms with E-state index in [1.165, 1.54) is 56.7 Å². The second-order valence-electron chi connectivity index (χ2n) is 10.9. The fraction of sp³-hybridized carbons (Fsp3) is 0.265. The number of phenolic OH excluding ortho intramolecular Hbond substituents is 3. The van der Waals surface area contributed by atoms with Crippen LogP contribution in [0.25, 0.3) is 17.4 Å². The number of rotatable bonds is 9. The lowest BCUT2D eigenvalue weighted by molar-refractivity contribution is -0.290. The van der Waals surface area contributed by atoms with E-state index in [9.17, 15) is 35.4 Å². The fourth-order valence-corrected chi connectivity index (χ4v) is 5.40. The summed E-state index contributed by atoms with van der Waals surface area (Å²) in [6.07, 6.45) is -3.88. The van der Waals surface area contributed by atoms with Gasteiger partial charge in [0, 0.05) is 29.3 Å².